The van der Waals surface area contributed by atoms with Crippen LogP contribution in [-0.4, -0.2) is 49.8 Å². The Morgan fingerprint density at radius 3 is 2.05 bits per heavy atom. The highest BCUT2D eigenvalue weighted by Gasteiger charge is 2.33. The van der Waals surface area contributed by atoms with Gasteiger partial charge in [-0.3, -0.25) is 13.9 Å². The molecule has 0 heterocycles. The van der Waals surface area contributed by atoms with Gasteiger partial charge in [0, 0.05) is 12.1 Å². The maximum atomic E-state index is 14.0. The Kier molecular flexibility index (Phi) is 9.56. The minimum Gasteiger partial charge on any atom is -0.350 e. The highest BCUT2D eigenvalue weighted by molar-refractivity contribution is 7.92. The molecule has 1 atom stereocenters. The van der Waals surface area contributed by atoms with Gasteiger partial charge in [0.05, 0.1) is 10.6 Å². The first-order valence-electron chi connectivity index (χ1n) is 13.1. The Morgan fingerprint density at radius 1 is 0.872 bits per heavy atom. The molecule has 2 amide bonds. The van der Waals surface area contributed by atoms with Gasteiger partial charge >= 0.3 is 0 Å². The van der Waals surface area contributed by atoms with E-state index < -0.39 is 34.1 Å². The van der Waals surface area contributed by atoms with E-state index in [4.69, 9.17) is 0 Å². The molecule has 1 N–H and O–H groups in total. The van der Waals surface area contributed by atoms with Crippen LogP contribution in [0.15, 0.2) is 83.8 Å². The van der Waals surface area contributed by atoms with Crippen molar-refractivity contribution < 1.29 is 18.0 Å². The Balaban J connectivity index is 2.01. The van der Waals surface area contributed by atoms with Gasteiger partial charge in [0.1, 0.15) is 12.6 Å². The molecule has 3 aromatic carbocycles. The van der Waals surface area contributed by atoms with E-state index in [-0.39, 0.29) is 17.3 Å². The largest absolute Gasteiger partial charge is 0.350 e. The maximum absolute atomic E-state index is 14.0. The number of hydrogen-bond donors (Lipinski definition) is 1. The van der Waals surface area contributed by atoms with Gasteiger partial charge in [-0.25, -0.2) is 8.42 Å². The zero-order valence-corrected chi connectivity index (χ0v) is 24.5. The maximum Gasteiger partial charge on any atom is 0.264 e. The molecule has 3 rings (SSSR count). The van der Waals surface area contributed by atoms with E-state index in [1.54, 1.807) is 37.3 Å². The monoisotopic (exact) mass is 549 g/mol. The lowest BCUT2D eigenvalue weighted by molar-refractivity contribution is -0.139. The molecule has 208 valence electrons. The molecule has 0 unspecified atom stereocenters. The second kappa shape index (κ2) is 12.5. The topological polar surface area (TPSA) is 86.8 Å². The van der Waals surface area contributed by atoms with Gasteiger partial charge in [0.15, 0.2) is 0 Å². The van der Waals surface area contributed by atoms with Crippen LogP contribution in [0.3, 0.4) is 0 Å². The molecule has 0 spiro atoms. The number of aryl methyl sites for hydroxylation is 1. The lowest BCUT2D eigenvalue weighted by atomic mass is 10.1. The van der Waals surface area contributed by atoms with Gasteiger partial charge in [0.2, 0.25) is 11.8 Å². The Bertz CT molecular complexity index is 1380. The van der Waals surface area contributed by atoms with Crippen molar-refractivity contribution in [3.8, 4) is 0 Å². The van der Waals surface area contributed by atoms with Gasteiger partial charge in [0.25, 0.3) is 10.0 Å². The standard InChI is InChI=1S/C31H39N3O4S/c1-23-14-13-19-28(24(23)2)34(39(37,38)27-17-11-8-12-18-27)22-29(35)33(21-20-26-15-9-7-10-16-26)25(3)30(36)32-31(4,5)6/h7-19,25H,20-22H2,1-6H3,(H,32,36)/t25-/m0/s1. The molecule has 0 saturated carbocycles. The minimum absolute atomic E-state index is 0.0908. The number of carbonyl (C=O) groups is 2. The third-order valence-electron chi connectivity index (χ3n) is 6.60. The average Bonchev–Trinajstić information content (AvgIpc) is 2.89. The van der Waals surface area contributed by atoms with Crippen LogP contribution in [0, 0.1) is 13.8 Å². The molecule has 7 nitrogen and oxygen atoms in total. The highest BCUT2D eigenvalue weighted by Crippen LogP contribution is 2.29. The number of anilines is 1. The predicted molar refractivity (Wildman–Crippen MR) is 156 cm³/mol. The summed E-state index contributed by atoms with van der Waals surface area (Å²) in [7, 11) is -4.08. The quantitative estimate of drug-likeness (QED) is 0.391. The lowest BCUT2D eigenvalue weighted by Gasteiger charge is -2.34. The van der Waals surface area contributed by atoms with Crippen LogP contribution in [-0.2, 0) is 26.0 Å². The van der Waals surface area contributed by atoms with Crippen LogP contribution in [0.5, 0.6) is 0 Å². The number of hydrogen-bond acceptors (Lipinski definition) is 4. The first kappa shape index (κ1) is 29.9. The zero-order chi connectivity index (χ0) is 28.8. The van der Waals surface area contributed by atoms with E-state index in [1.807, 2.05) is 71.0 Å². The lowest BCUT2D eigenvalue weighted by Crippen LogP contribution is -2.55. The van der Waals surface area contributed by atoms with Gasteiger partial charge < -0.3 is 10.2 Å². The van der Waals surface area contributed by atoms with Crippen LogP contribution in [0.25, 0.3) is 0 Å². The number of rotatable bonds is 10. The van der Waals surface area contributed by atoms with E-state index in [9.17, 15) is 18.0 Å². The third-order valence-corrected chi connectivity index (χ3v) is 8.38. The molecule has 0 fully saturated rings. The highest BCUT2D eigenvalue weighted by atomic mass is 32.2. The van der Waals surface area contributed by atoms with Gasteiger partial charge in [-0.1, -0.05) is 60.7 Å². The molecular formula is C31H39N3O4S. The van der Waals surface area contributed by atoms with E-state index in [0.29, 0.717) is 12.1 Å². The smallest absolute Gasteiger partial charge is 0.264 e. The third kappa shape index (κ3) is 7.69. The number of nitrogens with zero attached hydrogens (tertiary/aromatic N) is 2. The summed E-state index contributed by atoms with van der Waals surface area (Å²) in [5.41, 5.74) is 2.64. The fourth-order valence-corrected chi connectivity index (χ4v) is 5.78. The van der Waals surface area contributed by atoms with Crippen LogP contribution < -0.4 is 9.62 Å². The number of sulfonamides is 1. The summed E-state index contributed by atoms with van der Waals surface area (Å²) in [6.45, 7) is 10.9. The first-order chi connectivity index (χ1) is 18.3. The number of nitrogens with one attached hydrogen (secondary N) is 1. The van der Waals surface area contributed by atoms with Crippen LogP contribution in [0.4, 0.5) is 5.69 Å². The van der Waals surface area contributed by atoms with Crippen molar-refractivity contribution in [3.63, 3.8) is 0 Å². The summed E-state index contributed by atoms with van der Waals surface area (Å²) in [6, 6.07) is 22.4. The van der Waals surface area contributed by atoms with Crippen molar-refractivity contribution in [2.24, 2.45) is 0 Å². The molecule has 0 aromatic heterocycles. The molecule has 3 aromatic rings. The number of benzene rings is 3. The second-order valence-corrected chi connectivity index (χ2v) is 12.6. The fraction of sp³-hybridized carbons (Fsp3) is 0.355. The zero-order valence-electron chi connectivity index (χ0n) is 23.6. The van der Waals surface area contributed by atoms with Crippen molar-refractivity contribution >= 4 is 27.5 Å². The fourth-order valence-electron chi connectivity index (χ4n) is 4.28. The summed E-state index contributed by atoms with van der Waals surface area (Å²) in [5.74, 6) is -0.754. The van der Waals surface area contributed by atoms with Crippen molar-refractivity contribution in [2.45, 2.75) is 64.4 Å². The molecule has 0 saturated heterocycles. The Hall–Kier alpha value is -3.65. The normalized spacial score (nSPS) is 12.5. The summed E-state index contributed by atoms with van der Waals surface area (Å²) in [6.07, 6.45) is 0.522. The molecule has 8 heteroatoms. The summed E-state index contributed by atoms with van der Waals surface area (Å²) >= 11 is 0. The Labute approximate surface area is 232 Å². The van der Waals surface area contributed by atoms with Crippen molar-refractivity contribution in [3.05, 3.63) is 95.6 Å². The molecule has 39 heavy (non-hydrogen) atoms. The minimum atomic E-state index is -4.08. The number of carbonyl (C=O) groups excluding carboxylic acids is 2. The number of amides is 2. The summed E-state index contributed by atoms with van der Waals surface area (Å²) in [5, 5.41) is 2.95. The van der Waals surface area contributed by atoms with Crippen molar-refractivity contribution in [1.82, 2.24) is 10.2 Å². The van der Waals surface area contributed by atoms with Crippen LogP contribution in [0.1, 0.15) is 44.4 Å². The van der Waals surface area contributed by atoms with Crippen molar-refractivity contribution in [1.29, 1.82) is 0 Å². The predicted octanol–water partition coefficient (Wildman–Crippen LogP) is 4.87. The van der Waals surface area contributed by atoms with Gasteiger partial charge in [-0.2, -0.15) is 0 Å². The molecular weight excluding hydrogens is 510 g/mol. The van der Waals surface area contributed by atoms with Gasteiger partial charge in [-0.05, 0) is 82.9 Å². The van der Waals surface area contributed by atoms with E-state index >= 15 is 0 Å². The second-order valence-electron chi connectivity index (χ2n) is 10.8. The SMILES string of the molecule is Cc1cccc(N(CC(=O)N(CCc2ccccc2)[C@@H](C)C(=O)NC(C)(C)C)S(=O)(=O)c2ccccc2)c1C. The van der Waals surface area contributed by atoms with E-state index in [2.05, 4.69) is 5.32 Å². The molecule has 0 aliphatic heterocycles. The van der Waals surface area contributed by atoms with Crippen molar-refractivity contribution in [2.75, 3.05) is 17.4 Å². The van der Waals surface area contributed by atoms with Gasteiger partial charge in [-0.15, -0.1) is 0 Å². The molecule has 0 bridgehead atoms. The first-order valence-corrected chi connectivity index (χ1v) is 14.5. The summed E-state index contributed by atoms with van der Waals surface area (Å²) < 4.78 is 29.0. The van der Waals surface area contributed by atoms with E-state index in [1.165, 1.54) is 17.0 Å². The molecule has 0 aliphatic carbocycles. The Morgan fingerprint density at radius 2 is 1.46 bits per heavy atom. The van der Waals surface area contributed by atoms with Crippen LogP contribution in [0.2, 0.25) is 0 Å². The molecule has 0 aliphatic rings. The van der Waals surface area contributed by atoms with Crippen LogP contribution >= 0.6 is 0 Å². The average molecular weight is 550 g/mol. The summed E-state index contributed by atoms with van der Waals surface area (Å²) in [4.78, 5) is 28.7. The van der Waals surface area contributed by atoms with E-state index in [0.717, 1.165) is 21.0 Å². The molecule has 0 radical (unpaired) electrons.